The van der Waals surface area contributed by atoms with Crippen molar-refractivity contribution < 1.29 is 13.2 Å². The molecule has 0 atom stereocenters. The maximum atomic E-state index is 13.1. The van der Waals surface area contributed by atoms with Crippen LogP contribution in [0.2, 0.25) is 0 Å². The van der Waals surface area contributed by atoms with Gasteiger partial charge in [0.05, 0.1) is 16.8 Å². The average Bonchev–Trinajstić information content (AvgIpc) is 3.67. The number of carbonyl (C=O) groups excluding carboxylic acids is 1. The van der Waals surface area contributed by atoms with Crippen LogP contribution in [0.3, 0.4) is 0 Å². The van der Waals surface area contributed by atoms with Crippen molar-refractivity contribution in [3.05, 3.63) is 59.8 Å². The number of sulfonamides is 1. The Kier molecular flexibility index (Phi) is 5.83. The lowest BCUT2D eigenvalue weighted by molar-refractivity contribution is 0.0946. The molecule has 5 rings (SSSR count). The van der Waals surface area contributed by atoms with E-state index in [0.29, 0.717) is 48.3 Å². The molecule has 0 radical (unpaired) electrons. The number of nitrogens with zero attached hydrogens (tertiary/aromatic N) is 3. The van der Waals surface area contributed by atoms with Gasteiger partial charge in [-0.1, -0.05) is 25.1 Å². The minimum absolute atomic E-state index is 0.0746. The number of nitrogens with one attached hydrogen (secondary N) is 1. The Bertz CT molecular complexity index is 1350. The van der Waals surface area contributed by atoms with Gasteiger partial charge >= 0.3 is 0 Å². The molecule has 1 aliphatic carbocycles. The SMILES string of the molecule is CCN(CC1CC1)S(=O)(=O)c1ccc(-c2cnc(N)c(-c3ccc4c(c3)CCNC4=O)n2)cc1. The van der Waals surface area contributed by atoms with Crippen LogP contribution in [0.25, 0.3) is 22.5 Å². The average molecular weight is 478 g/mol. The lowest BCUT2D eigenvalue weighted by Gasteiger charge is -2.20. The number of benzene rings is 2. The van der Waals surface area contributed by atoms with E-state index in [2.05, 4.69) is 10.3 Å². The first-order chi connectivity index (χ1) is 16.4. The van der Waals surface area contributed by atoms with Gasteiger partial charge in [0.2, 0.25) is 10.0 Å². The van der Waals surface area contributed by atoms with E-state index in [1.54, 1.807) is 40.8 Å². The molecule has 34 heavy (non-hydrogen) atoms. The molecule has 0 spiro atoms. The highest BCUT2D eigenvalue weighted by molar-refractivity contribution is 7.89. The number of amides is 1. The lowest BCUT2D eigenvalue weighted by Crippen LogP contribution is -2.32. The van der Waals surface area contributed by atoms with Crippen LogP contribution < -0.4 is 11.1 Å². The quantitative estimate of drug-likeness (QED) is 0.540. The first-order valence-electron chi connectivity index (χ1n) is 11.5. The number of nitrogens with two attached hydrogens (primary N) is 1. The maximum Gasteiger partial charge on any atom is 0.251 e. The van der Waals surface area contributed by atoms with E-state index in [9.17, 15) is 13.2 Å². The summed E-state index contributed by atoms with van der Waals surface area (Å²) >= 11 is 0. The highest BCUT2D eigenvalue weighted by Gasteiger charge is 2.30. The second-order valence-electron chi connectivity index (χ2n) is 8.79. The second kappa shape index (κ2) is 8.81. The lowest BCUT2D eigenvalue weighted by atomic mass is 9.96. The summed E-state index contributed by atoms with van der Waals surface area (Å²) in [7, 11) is -3.53. The molecule has 0 bridgehead atoms. The fraction of sp³-hybridized carbons (Fsp3) is 0.320. The van der Waals surface area contributed by atoms with E-state index in [0.717, 1.165) is 36.0 Å². The van der Waals surface area contributed by atoms with Crippen molar-refractivity contribution >= 4 is 21.7 Å². The number of hydrogen-bond acceptors (Lipinski definition) is 6. The monoisotopic (exact) mass is 477 g/mol. The molecule has 2 aliphatic rings. The van der Waals surface area contributed by atoms with Crippen LogP contribution >= 0.6 is 0 Å². The zero-order valence-corrected chi connectivity index (χ0v) is 19.8. The summed E-state index contributed by atoms with van der Waals surface area (Å²) in [5, 5.41) is 2.84. The summed E-state index contributed by atoms with van der Waals surface area (Å²) in [6.45, 7) is 3.50. The molecule has 1 aliphatic heterocycles. The topological polar surface area (TPSA) is 118 Å². The Balaban J connectivity index is 1.44. The second-order valence-corrected chi connectivity index (χ2v) is 10.7. The van der Waals surface area contributed by atoms with Crippen LogP contribution in [-0.4, -0.2) is 48.2 Å². The number of hydrogen-bond donors (Lipinski definition) is 2. The van der Waals surface area contributed by atoms with Crippen LogP contribution in [0.4, 0.5) is 5.82 Å². The van der Waals surface area contributed by atoms with Crippen molar-refractivity contribution in [2.75, 3.05) is 25.4 Å². The molecule has 3 N–H and O–H groups in total. The van der Waals surface area contributed by atoms with E-state index in [1.165, 1.54) is 0 Å². The van der Waals surface area contributed by atoms with Gasteiger partial charge in [0.25, 0.3) is 5.91 Å². The van der Waals surface area contributed by atoms with Crippen molar-refractivity contribution in [3.63, 3.8) is 0 Å². The van der Waals surface area contributed by atoms with E-state index >= 15 is 0 Å². The third kappa shape index (κ3) is 4.28. The molecular weight excluding hydrogens is 450 g/mol. The molecule has 1 aromatic heterocycles. The normalized spacial score (nSPS) is 15.8. The van der Waals surface area contributed by atoms with Gasteiger partial charge in [0, 0.05) is 36.3 Å². The number of nitrogen functional groups attached to an aromatic ring is 1. The fourth-order valence-electron chi connectivity index (χ4n) is 4.26. The predicted molar refractivity (Wildman–Crippen MR) is 131 cm³/mol. The predicted octanol–water partition coefficient (Wildman–Crippen LogP) is 3.10. The number of anilines is 1. The molecule has 0 saturated heterocycles. The molecule has 1 saturated carbocycles. The minimum Gasteiger partial charge on any atom is -0.382 e. The number of carbonyl (C=O) groups is 1. The van der Waals surface area contributed by atoms with Gasteiger partial charge in [-0.15, -0.1) is 0 Å². The van der Waals surface area contributed by atoms with E-state index in [-0.39, 0.29) is 10.8 Å². The standard InChI is InChI=1S/C25H27N5O3S/c1-2-30(15-16-3-4-16)34(32,33)20-8-5-17(6-9-20)22-14-28-24(26)23(29-22)19-7-10-21-18(13-19)11-12-27-25(21)31/h5-10,13-14,16H,2-4,11-12,15H2,1H3,(H2,26,28)(H,27,31). The Hall–Kier alpha value is -3.30. The third-order valence-electron chi connectivity index (χ3n) is 6.40. The van der Waals surface area contributed by atoms with Crippen LogP contribution in [-0.2, 0) is 16.4 Å². The molecule has 176 valence electrons. The van der Waals surface area contributed by atoms with Crippen LogP contribution in [0, 0.1) is 5.92 Å². The molecule has 1 amide bonds. The van der Waals surface area contributed by atoms with Gasteiger partial charge in [-0.05, 0) is 55.0 Å². The molecule has 2 heterocycles. The Morgan fingerprint density at radius 3 is 2.56 bits per heavy atom. The number of aromatic nitrogens is 2. The van der Waals surface area contributed by atoms with Gasteiger partial charge < -0.3 is 11.1 Å². The maximum absolute atomic E-state index is 13.1. The molecular formula is C25H27N5O3S. The summed E-state index contributed by atoms with van der Waals surface area (Å²) in [5.74, 6) is 0.701. The van der Waals surface area contributed by atoms with Crippen molar-refractivity contribution in [1.82, 2.24) is 19.6 Å². The largest absolute Gasteiger partial charge is 0.382 e. The Morgan fingerprint density at radius 2 is 1.85 bits per heavy atom. The van der Waals surface area contributed by atoms with Crippen LogP contribution in [0.5, 0.6) is 0 Å². The number of rotatable bonds is 7. The smallest absolute Gasteiger partial charge is 0.251 e. The minimum atomic E-state index is -3.53. The van der Waals surface area contributed by atoms with Gasteiger partial charge in [-0.25, -0.2) is 18.4 Å². The van der Waals surface area contributed by atoms with E-state index in [1.807, 2.05) is 19.1 Å². The zero-order valence-electron chi connectivity index (χ0n) is 19.0. The highest BCUT2D eigenvalue weighted by Crippen LogP contribution is 2.32. The molecule has 2 aromatic carbocycles. The first kappa shape index (κ1) is 22.5. The molecule has 3 aromatic rings. The van der Waals surface area contributed by atoms with Crippen molar-refractivity contribution in [2.45, 2.75) is 31.1 Å². The fourth-order valence-corrected chi connectivity index (χ4v) is 5.78. The van der Waals surface area contributed by atoms with Crippen molar-refractivity contribution in [3.8, 4) is 22.5 Å². The van der Waals surface area contributed by atoms with Gasteiger partial charge in [-0.2, -0.15) is 4.31 Å². The van der Waals surface area contributed by atoms with E-state index in [4.69, 9.17) is 10.7 Å². The van der Waals surface area contributed by atoms with E-state index < -0.39 is 10.0 Å². The molecule has 0 unspecified atom stereocenters. The molecule has 9 heteroatoms. The number of fused-ring (bicyclic) bond motifs is 1. The van der Waals surface area contributed by atoms with Crippen molar-refractivity contribution in [2.24, 2.45) is 5.92 Å². The van der Waals surface area contributed by atoms with Crippen LogP contribution in [0.1, 0.15) is 35.7 Å². The van der Waals surface area contributed by atoms with Gasteiger partial charge in [0.1, 0.15) is 11.5 Å². The van der Waals surface area contributed by atoms with Gasteiger partial charge in [0.15, 0.2) is 0 Å². The summed E-state index contributed by atoms with van der Waals surface area (Å²) in [6, 6.07) is 12.3. The molecule has 1 fully saturated rings. The Labute approximate surface area is 199 Å². The third-order valence-corrected chi connectivity index (χ3v) is 8.36. The summed E-state index contributed by atoms with van der Waals surface area (Å²) in [4.78, 5) is 21.4. The highest BCUT2D eigenvalue weighted by atomic mass is 32.2. The van der Waals surface area contributed by atoms with Gasteiger partial charge in [-0.3, -0.25) is 4.79 Å². The summed E-state index contributed by atoms with van der Waals surface area (Å²) in [6.07, 6.45) is 4.52. The first-order valence-corrected chi connectivity index (χ1v) is 13.0. The molecule has 8 nitrogen and oxygen atoms in total. The zero-order chi connectivity index (χ0) is 23.9. The Morgan fingerprint density at radius 1 is 1.12 bits per heavy atom. The van der Waals surface area contributed by atoms with Crippen LogP contribution in [0.15, 0.2) is 53.6 Å². The van der Waals surface area contributed by atoms with Crippen molar-refractivity contribution in [1.29, 1.82) is 0 Å². The summed E-state index contributed by atoms with van der Waals surface area (Å²) < 4.78 is 27.7. The summed E-state index contributed by atoms with van der Waals surface area (Å²) in [5.41, 5.74) is 10.4.